The maximum atomic E-state index is 11.7. The molecule has 0 unspecified atom stereocenters. The molecule has 12 N–H and O–H groups in total. The number of fused-ring (bicyclic) bond motifs is 5. The Hall–Kier alpha value is -3.80. The second-order valence-electron chi connectivity index (χ2n) is 17.3. The van der Waals surface area contributed by atoms with E-state index < -0.39 is 24.4 Å². The third kappa shape index (κ3) is 35.8. The van der Waals surface area contributed by atoms with Crippen LogP contribution in [0.25, 0.3) is 55.2 Å². The van der Waals surface area contributed by atoms with Crippen LogP contribution in [0.15, 0.2) is 134 Å². The number of ether oxygens (including phenoxy) is 2. The van der Waals surface area contributed by atoms with E-state index in [1.807, 2.05) is 27.5 Å². The molecule has 12 rings (SSSR count). The molecule has 0 aliphatic carbocycles. The summed E-state index contributed by atoms with van der Waals surface area (Å²) in [6.45, 7) is 10.4. The van der Waals surface area contributed by atoms with Gasteiger partial charge in [-0.1, -0.05) is 87.1 Å². The van der Waals surface area contributed by atoms with Crippen molar-refractivity contribution in [3.63, 3.8) is 0 Å². The molecule has 0 spiro atoms. The number of aromatic nitrogens is 16. The molecule has 0 bridgehead atoms. The number of aliphatic hydroxyl groups excluding tert-OH is 1. The third-order valence-electron chi connectivity index (χ3n) is 11.2. The number of aliphatic hydroxyl groups is 1. The number of nitrogen functional groups attached to an aromatic ring is 2. The molecule has 0 saturated heterocycles. The van der Waals surface area contributed by atoms with Crippen molar-refractivity contribution in [1.29, 1.82) is 0 Å². The van der Waals surface area contributed by atoms with E-state index in [1.165, 1.54) is 10.8 Å². The molecule has 1 aromatic carbocycles. The number of H-pyrrole nitrogens is 4. The summed E-state index contributed by atoms with van der Waals surface area (Å²) in [5, 5.41) is 37.1. The molecule has 11 aromatic heterocycles. The number of aromatic amines is 4. The molecular formula is C57H69BBr7Cl5F3IN18NaO11P. The molecule has 11 heterocycles. The predicted molar refractivity (Wildman–Crippen MR) is 442 cm³/mol. The van der Waals surface area contributed by atoms with Crippen LogP contribution in [0, 0.1) is 0 Å². The number of methoxy groups -OCH3 is 1. The fourth-order valence-corrected chi connectivity index (χ4v) is 10.2. The van der Waals surface area contributed by atoms with E-state index in [1.54, 1.807) is 69.6 Å². The molecule has 12 aromatic rings. The number of imidazole rings is 5. The van der Waals surface area contributed by atoms with Crippen LogP contribution in [0.2, 0.25) is 10.3 Å². The quantitative estimate of drug-likeness (QED) is 0.0185. The molecule has 0 radical (unpaired) electrons. The van der Waals surface area contributed by atoms with Crippen molar-refractivity contribution in [3.8, 4) is 11.6 Å². The standard InChI is InChI=1S/C9H10BrN3O.C8H7BrClN3.C8H8BrN3O.C7H6BF3O3.C6H3BrClN3.C6H4BrN3O.C5H5Br2N3.C2H5I.CH2O2.CH4O.CH3O.3CH4.Cl3OP.Na/c1-3-13-5-12-7-6(10)4-11-9(14-2)8(7)13;1-2-13-4-12-6-5(9)3-11-8(10)7(6)13;1-2-12-4-11-6-5(9)3-10-8(13)7(6)12;9-7(10,11)14-6-3-1-5(2-4-6)8(12)13;7-3-1-9-6(8)5-4(3)10-2-11-5;7-3-1-8-6(11)5-4(3)9-2-10-5;6-2-1-10-5(7)4(9)3(2)8;1-2-3;2-1-3;2*1-2;;;;1-5(2,3)4;/h4-5H,3H2,1-2H3;3-4H,2H2,1H3;3-4H,2H2,1H3,(H,10,13);1-4,12-13H;1-2H,(H,10,11);1-2H,(H,8,11)(H,9,10);1H,9H2,(H2,8,10);2H2,1H3;1H,(H,2,3);2H,1H3;1H3;3*1H4;;/q;;;;;;;;;;-1;;;;;+1. The van der Waals surface area contributed by atoms with E-state index in [-0.39, 0.29) is 74.9 Å². The van der Waals surface area contributed by atoms with Crippen molar-refractivity contribution in [2.75, 3.05) is 37.2 Å². The number of anilines is 2. The molecule has 0 aliphatic rings. The van der Waals surface area contributed by atoms with Gasteiger partial charge in [-0.2, -0.15) is 7.11 Å². The largest absolute Gasteiger partial charge is 1.00 e. The van der Waals surface area contributed by atoms with Crippen LogP contribution in [0.5, 0.6) is 11.6 Å². The van der Waals surface area contributed by atoms with E-state index in [9.17, 15) is 27.3 Å². The summed E-state index contributed by atoms with van der Waals surface area (Å²) in [5.41, 5.74) is 19.5. The number of hydrogen-bond acceptors (Lipinski definition) is 21. The van der Waals surface area contributed by atoms with Gasteiger partial charge in [-0.25, -0.2) is 44.9 Å². The number of hydrogen-bond donors (Lipinski definition) is 10. The second kappa shape index (κ2) is 55.6. The summed E-state index contributed by atoms with van der Waals surface area (Å²) in [6.07, 6.45) is 13.3. The zero-order valence-electron chi connectivity index (χ0n) is 53.8. The van der Waals surface area contributed by atoms with Crippen LogP contribution in [0.3, 0.4) is 0 Å². The van der Waals surface area contributed by atoms with Gasteiger partial charge >= 0.3 is 48.2 Å². The van der Waals surface area contributed by atoms with Gasteiger partial charge in [0.25, 0.3) is 17.6 Å². The van der Waals surface area contributed by atoms with Gasteiger partial charge in [0.2, 0.25) is 5.88 Å². The van der Waals surface area contributed by atoms with Crippen LogP contribution in [0.4, 0.5) is 24.5 Å². The maximum absolute atomic E-state index is 11.7. The van der Waals surface area contributed by atoms with E-state index in [2.05, 4.69) is 251 Å². The minimum absolute atomic E-state index is 0. The number of nitrogens with one attached hydrogen (secondary N) is 4. The summed E-state index contributed by atoms with van der Waals surface area (Å²) in [6, 6.07) is 4.27. The Morgan fingerprint density at radius 2 is 0.981 bits per heavy atom. The SMILES string of the molecule is C.C.C.CCI.CCn1cnc2c(Br)c[nH]c(=O)c21.CCn1cnc2c(Br)cnc(Cl)c21.CCn1cnc2c(Br)cnc(OC)c21.CO.C[O-].Clc1ncc(Br)c2nc[nH]c12.Nc1c(Br)cnc(Br)c1N.O=CO.O=P(Cl)(Cl)Cl.O=c1[nH]cc(Br)c2nc[nH]c12.OB(O)c1ccc(OC(F)(F)F)cc1.[Na+]. The first-order chi connectivity index (χ1) is 47.7. The number of pyridine rings is 6. The molecule has 105 heavy (non-hydrogen) atoms. The first-order valence-corrected chi connectivity index (χ1v) is 39.4. The van der Waals surface area contributed by atoms with Gasteiger partial charge in [0, 0.05) is 63.9 Å². The van der Waals surface area contributed by atoms with Crippen molar-refractivity contribution in [2.45, 2.75) is 76.0 Å². The van der Waals surface area contributed by atoms with Gasteiger partial charge in [-0.15, -0.1) is 13.2 Å². The second-order valence-corrected chi connectivity index (χ2v) is 32.0. The van der Waals surface area contributed by atoms with Crippen molar-refractivity contribution in [1.82, 2.24) is 78.5 Å². The molecular weight excluding hydrogens is 2100 g/mol. The molecule has 29 nitrogen and oxygen atoms in total. The van der Waals surface area contributed by atoms with Crippen LogP contribution in [0.1, 0.15) is 50.0 Å². The number of alkyl halides is 4. The number of aryl methyl sites for hydroxylation is 3. The Morgan fingerprint density at radius 1 is 0.610 bits per heavy atom. The zero-order valence-corrected chi connectivity index (χ0v) is 73.7. The molecule has 574 valence electrons. The maximum Gasteiger partial charge on any atom is 1.00 e. The van der Waals surface area contributed by atoms with Crippen molar-refractivity contribution in [2.24, 2.45) is 0 Å². The topological polar surface area (TPSA) is 437 Å². The van der Waals surface area contributed by atoms with Crippen molar-refractivity contribution >= 4 is 282 Å². The fourth-order valence-electron chi connectivity index (χ4n) is 7.08. The molecule has 0 fully saturated rings. The Labute approximate surface area is 719 Å². The summed E-state index contributed by atoms with van der Waals surface area (Å²) in [4.78, 5) is 78.4. The fraction of sp³-hybridized carbons (Fsp3) is 0.263. The molecule has 0 saturated carbocycles. The molecule has 0 amide bonds. The van der Waals surface area contributed by atoms with E-state index in [0.717, 1.165) is 114 Å². The van der Waals surface area contributed by atoms with Crippen LogP contribution in [-0.2, 0) is 29.0 Å². The van der Waals surface area contributed by atoms with Gasteiger partial charge < -0.3 is 79.9 Å². The zero-order chi connectivity index (χ0) is 77.1. The number of nitrogens with zero attached hydrogens (tertiary/aromatic N) is 12. The van der Waals surface area contributed by atoms with E-state index in [4.69, 9.17) is 69.6 Å². The first kappa shape index (κ1) is 108. The van der Waals surface area contributed by atoms with Crippen molar-refractivity contribution < 1.29 is 86.9 Å². The van der Waals surface area contributed by atoms with Gasteiger partial charge in [-0.3, -0.25) is 18.9 Å². The normalized spacial score (nSPS) is 9.78. The number of carboxylic acid groups (broad SMARTS) is 1. The number of carbonyl (C=O) groups is 1. The molecule has 48 heteroatoms. The average molecular weight is 2170 g/mol. The van der Waals surface area contributed by atoms with Gasteiger partial charge in [0.05, 0.1) is 77.0 Å². The average Bonchev–Trinajstić information content (AvgIpc) is 1.68. The van der Waals surface area contributed by atoms with E-state index in [0.29, 0.717) is 58.7 Å². The number of benzene rings is 1. The summed E-state index contributed by atoms with van der Waals surface area (Å²) < 4.78 is 65.8. The number of halogens is 16. The minimum Gasteiger partial charge on any atom is -0.857 e. The molecule has 0 aliphatic heterocycles. The smallest absolute Gasteiger partial charge is 0.857 e. The Bertz CT molecular complexity index is 4630. The van der Waals surface area contributed by atoms with Gasteiger partial charge in [0.15, 0.2) is 10.3 Å². The Kier molecular flexibility index (Phi) is 56.9. The van der Waals surface area contributed by atoms with Crippen LogP contribution < -0.4 is 72.2 Å². The number of nitrogens with two attached hydrogens (primary N) is 2. The monoisotopic (exact) mass is 2160 g/mol. The van der Waals surface area contributed by atoms with Gasteiger partial charge in [0.1, 0.15) is 65.5 Å². The van der Waals surface area contributed by atoms with E-state index >= 15 is 0 Å². The van der Waals surface area contributed by atoms with Crippen LogP contribution in [-0.4, -0.2) is 144 Å². The number of rotatable bonds is 6. The predicted octanol–water partition coefficient (Wildman–Crippen LogP) is 13.5. The summed E-state index contributed by atoms with van der Waals surface area (Å²) >= 11 is 50.9. The molecule has 0 atom stereocenters. The Balaban J connectivity index is -0.000000547. The summed E-state index contributed by atoms with van der Waals surface area (Å²) in [5.74, 6) is 0.212. The third-order valence-corrected chi connectivity index (χ3v) is 16.0. The minimum atomic E-state index is -4.74. The Morgan fingerprint density at radius 3 is 1.40 bits per heavy atom. The van der Waals surface area contributed by atoms with Crippen molar-refractivity contribution in [3.05, 3.63) is 156 Å². The summed E-state index contributed by atoms with van der Waals surface area (Å²) in [7, 11) is 1.66. The first-order valence-electron chi connectivity index (χ1n) is 27.2. The van der Waals surface area contributed by atoms with Crippen LogP contribution >= 0.6 is 196 Å². The van der Waals surface area contributed by atoms with Gasteiger partial charge in [-0.05, 0) is 188 Å².